The third kappa shape index (κ3) is 2.31. The molecule has 1 aromatic carbocycles. The number of hydrazone groups is 1. The SMILES string of the molecule is CN/N=C(\C)c1c(CC(=O)O)c2ccccc2n1C. The first-order valence-corrected chi connectivity index (χ1v) is 6.05. The maximum absolute atomic E-state index is 11.1. The van der Waals surface area contributed by atoms with Crippen molar-refractivity contribution in [3.63, 3.8) is 0 Å². The first-order chi connectivity index (χ1) is 9.06. The lowest BCUT2D eigenvalue weighted by atomic mass is 10.1. The van der Waals surface area contributed by atoms with Gasteiger partial charge in [0.05, 0.1) is 17.8 Å². The zero-order valence-electron chi connectivity index (χ0n) is 11.3. The van der Waals surface area contributed by atoms with Crippen LogP contribution in [0.4, 0.5) is 0 Å². The summed E-state index contributed by atoms with van der Waals surface area (Å²) in [6.45, 7) is 1.87. The lowest BCUT2D eigenvalue weighted by Crippen LogP contribution is -2.12. The molecule has 0 saturated carbocycles. The molecule has 2 rings (SSSR count). The quantitative estimate of drug-likeness (QED) is 0.649. The number of aromatic nitrogens is 1. The van der Waals surface area contributed by atoms with Crippen LogP contribution in [-0.2, 0) is 18.3 Å². The highest BCUT2D eigenvalue weighted by Crippen LogP contribution is 2.26. The van der Waals surface area contributed by atoms with Crippen molar-refractivity contribution in [1.29, 1.82) is 0 Å². The second kappa shape index (κ2) is 5.14. The van der Waals surface area contributed by atoms with Gasteiger partial charge in [-0.2, -0.15) is 5.10 Å². The number of fused-ring (bicyclic) bond motifs is 1. The van der Waals surface area contributed by atoms with E-state index in [2.05, 4.69) is 10.5 Å². The van der Waals surface area contributed by atoms with Crippen LogP contribution in [0, 0.1) is 0 Å². The molecule has 0 spiro atoms. The number of hydrogen-bond acceptors (Lipinski definition) is 3. The van der Waals surface area contributed by atoms with Gasteiger partial charge in [0.25, 0.3) is 0 Å². The third-order valence-corrected chi connectivity index (χ3v) is 3.16. The molecule has 5 heteroatoms. The second-order valence-corrected chi connectivity index (χ2v) is 4.39. The molecule has 2 N–H and O–H groups in total. The van der Waals surface area contributed by atoms with Crippen molar-refractivity contribution in [2.45, 2.75) is 13.3 Å². The number of carboxylic acids is 1. The summed E-state index contributed by atoms with van der Waals surface area (Å²) in [7, 11) is 3.65. The standard InChI is InChI=1S/C14H17N3O2/c1-9(16-15-2)14-11(8-13(18)19)10-6-4-5-7-12(10)17(14)3/h4-7,15H,8H2,1-3H3,(H,18,19)/b16-9+. The second-order valence-electron chi connectivity index (χ2n) is 4.39. The number of para-hydroxylation sites is 1. The van der Waals surface area contributed by atoms with Gasteiger partial charge in [-0.25, -0.2) is 0 Å². The predicted octanol–water partition coefficient (Wildman–Crippen LogP) is 1.75. The molecule has 0 aliphatic heterocycles. The number of nitrogens with zero attached hydrogens (tertiary/aromatic N) is 2. The van der Waals surface area contributed by atoms with E-state index in [0.29, 0.717) is 0 Å². The van der Waals surface area contributed by atoms with Gasteiger partial charge in [-0.05, 0) is 18.6 Å². The van der Waals surface area contributed by atoms with E-state index in [9.17, 15) is 4.79 Å². The van der Waals surface area contributed by atoms with Crippen LogP contribution in [0.3, 0.4) is 0 Å². The number of aryl methyl sites for hydroxylation is 1. The molecule has 1 heterocycles. The smallest absolute Gasteiger partial charge is 0.307 e. The van der Waals surface area contributed by atoms with Crippen LogP contribution in [0.5, 0.6) is 0 Å². The van der Waals surface area contributed by atoms with Gasteiger partial charge in [0.2, 0.25) is 0 Å². The molecule has 0 saturated heterocycles. The average molecular weight is 259 g/mol. The van der Waals surface area contributed by atoms with Gasteiger partial charge in [-0.1, -0.05) is 18.2 Å². The fourth-order valence-electron chi connectivity index (χ4n) is 2.48. The maximum atomic E-state index is 11.1. The van der Waals surface area contributed by atoms with E-state index in [1.807, 2.05) is 42.8 Å². The van der Waals surface area contributed by atoms with Gasteiger partial charge in [0.15, 0.2) is 0 Å². The Hall–Kier alpha value is -2.30. The van der Waals surface area contributed by atoms with E-state index in [1.54, 1.807) is 7.05 Å². The Bertz CT molecular complexity index is 656. The highest BCUT2D eigenvalue weighted by molar-refractivity contribution is 6.05. The monoisotopic (exact) mass is 259 g/mol. The largest absolute Gasteiger partial charge is 0.481 e. The van der Waals surface area contributed by atoms with E-state index in [0.717, 1.165) is 27.9 Å². The van der Waals surface area contributed by atoms with Crippen molar-refractivity contribution in [3.8, 4) is 0 Å². The van der Waals surface area contributed by atoms with Gasteiger partial charge in [-0.15, -0.1) is 0 Å². The minimum Gasteiger partial charge on any atom is -0.481 e. The highest BCUT2D eigenvalue weighted by atomic mass is 16.4. The molecule has 0 fully saturated rings. The van der Waals surface area contributed by atoms with Gasteiger partial charge >= 0.3 is 5.97 Å². The van der Waals surface area contributed by atoms with Gasteiger partial charge < -0.3 is 15.1 Å². The van der Waals surface area contributed by atoms with E-state index in [1.165, 1.54) is 0 Å². The summed E-state index contributed by atoms with van der Waals surface area (Å²) in [6.07, 6.45) is -0.00669. The lowest BCUT2D eigenvalue weighted by Gasteiger charge is -2.06. The fraction of sp³-hybridized carbons (Fsp3) is 0.286. The van der Waals surface area contributed by atoms with Gasteiger partial charge in [-0.3, -0.25) is 4.79 Å². The molecule has 0 aliphatic carbocycles. The normalized spacial score (nSPS) is 11.8. The minimum absolute atomic E-state index is 0.00669. The summed E-state index contributed by atoms with van der Waals surface area (Å²) in [5.41, 5.74) is 6.20. The topological polar surface area (TPSA) is 66.6 Å². The van der Waals surface area contributed by atoms with Crippen molar-refractivity contribution in [1.82, 2.24) is 9.99 Å². The number of nitrogens with one attached hydrogen (secondary N) is 1. The number of aliphatic carboxylic acids is 1. The summed E-state index contributed by atoms with van der Waals surface area (Å²) >= 11 is 0. The molecule has 0 atom stereocenters. The van der Waals surface area contributed by atoms with Crippen molar-refractivity contribution in [2.24, 2.45) is 12.1 Å². The van der Waals surface area contributed by atoms with Crippen LogP contribution >= 0.6 is 0 Å². The molecule has 100 valence electrons. The van der Waals surface area contributed by atoms with Crippen molar-refractivity contribution in [2.75, 3.05) is 7.05 Å². The molecular formula is C14H17N3O2. The molecule has 0 unspecified atom stereocenters. The summed E-state index contributed by atoms with van der Waals surface area (Å²) < 4.78 is 1.99. The van der Waals surface area contributed by atoms with Gasteiger partial charge in [0.1, 0.15) is 0 Å². The molecule has 1 aromatic heterocycles. The number of benzene rings is 1. The van der Waals surface area contributed by atoms with E-state index in [-0.39, 0.29) is 6.42 Å². The molecule has 0 bridgehead atoms. The summed E-state index contributed by atoms with van der Waals surface area (Å²) in [6, 6.07) is 7.80. The molecule has 19 heavy (non-hydrogen) atoms. The zero-order valence-corrected chi connectivity index (χ0v) is 11.3. The molecule has 2 aromatic rings. The number of carbonyl (C=O) groups is 1. The van der Waals surface area contributed by atoms with Gasteiger partial charge in [0, 0.05) is 25.0 Å². The van der Waals surface area contributed by atoms with Crippen LogP contribution in [0.25, 0.3) is 10.9 Å². The molecule has 5 nitrogen and oxygen atoms in total. The number of hydrogen-bond donors (Lipinski definition) is 2. The highest BCUT2D eigenvalue weighted by Gasteiger charge is 2.18. The predicted molar refractivity (Wildman–Crippen MR) is 75.5 cm³/mol. The third-order valence-electron chi connectivity index (χ3n) is 3.16. The first kappa shape index (κ1) is 13.1. The fourth-order valence-corrected chi connectivity index (χ4v) is 2.48. The molecule has 0 aliphatic rings. The van der Waals surface area contributed by atoms with Crippen LogP contribution in [-0.4, -0.2) is 28.4 Å². The summed E-state index contributed by atoms with van der Waals surface area (Å²) in [5.74, 6) is -0.838. The molecule has 0 amide bonds. The maximum Gasteiger partial charge on any atom is 0.307 e. The van der Waals surface area contributed by atoms with Crippen molar-refractivity contribution in [3.05, 3.63) is 35.5 Å². The Labute approximate surface area is 111 Å². The Morgan fingerprint density at radius 3 is 2.74 bits per heavy atom. The minimum atomic E-state index is -0.838. The van der Waals surface area contributed by atoms with E-state index in [4.69, 9.17) is 5.11 Å². The van der Waals surface area contributed by atoms with Crippen LogP contribution in [0.1, 0.15) is 18.2 Å². The van der Waals surface area contributed by atoms with Crippen molar-refractivity contribution >= 4 is 22.6 Å². The first-order valence-electron chi connectivity index (χ1n) is 6.05. The molecular weight excluding hydrogens is 242 g/mol. The Morgan fingerprint density at radius 1 is 1.42 bits per heavy atom. The summed E-state index contributed by atoms with van der Waals surface area (Å²) in [4.78, 5) is 11.1. The van der Waals surface area contributed by atoms with Crippen LogP contribution in [0.15, 0.2) is 29.4 Å². The number of carboxylic acid groups (broad SMARTS) is 1. The van der Waals surface area contributed by atoms with Crippen LogP contribution < -0.4 is 5.43 Å². The Kier molecular flexibility index (Phi) is 3.55. The average Bonchev–Trinajstić information content (AvgIpc) is 2.63. The van der Waals surface area contributed by atoms with Crippen molar-refractivity contribution < 1.29 is 9.90 Å². The lowest BCUT2D eigenvalue weighted by molar-refractivity contribution is -0.136. The number of rotatable bonds is 4. The van der Waals surface area contributed by atoms with E-state index >= 15 is 0 Å². The zero-order chi connectivity index (χ0) is 14.0. The molecule has 0 radical (unpaired) electrons. The van der Waals surface area contributed by atoms with Crippen LogP contribution in [0.2, 0.25) is 0 Å². The van der Waals surface area contributed by atoms with E-state index < -0.39 is 5.97 Å². The summed E-state index contributed by atoms with van der Waals surface area (Å²) in [5, 5.41) is 14.2. The Balaban J connectivity index is 2.76. The Morgan fingerprint density at radius 2 is 2.11 bits per heavy atom.